The number of carboxylic acids is 1. The molecule has 0 radical (unpaired) electrons. The van der Waals surface area contributed by atoms with Crippen molar-refractivity contribution in [2.45, 2.75) is 39.0 Å². The summed E-state index contributed by atoms with van der Waals surface area (Å²) in [5.74, 6) is -0.613. The van der Waals surface area contributed by atoms with Crippen LogP contribution in [0.4, 0.5) is 0 Å². The molecule has 1 amide bonds. The van der Waals surface area contributed by atoms with Crippen LogP contribution in [0, 0.1) is 23.7 Å². The van der Waals surface area contributed by atoms with Gasteiger partial charge in [-0.05, 0) is 51.1 Å². The van der Waals surface area contributed by atoms with Crippen LogP contribution in [0.5, 0.6) is 0 Å². The molecule has 4 unspecified atom stereocenters. The Morgan fingerprint density at radius 3 is 2.57 bits per heavy atom. The first-order chi connectivity index (χ1) is 10.1. The minimum absolute atomic E-state index is 0.0825. The highest BCUT2D eigenvalue weighted by atomic mass is 16.4. The predicted molar refractivity (Wildman–Crippen MR) is 80.9 cm³/mol. The van der Waals surface area contributed by atoms with Crippen molar-refractivity contribution in [2.75, 3.05) is 26.7 Å². The Morgan fingerprint density at radius 1 is 1.24 bits per heavy atom. The van der Waals surface area contributed by atoms with E-state index in [1.807, 2.05) is 11.9 Å². The van der Waals surface area contributed by atoms with Gasteiger partial charge in [-0.25, -0.2) is 0 Å². The summed E-state index contributed by atoms with van der Waals surface area (Å²) in [5.41, 5.74) is 0. The summed E-state index contributed by atoms with van der Waals surface area (Å²) in [4.78, 5) is 26.1. The maximum atomic E-state index is 12.8. The van der Waals surface area contributed by atoms with E-state index in [0.29, 0.717) is 18.3 Å². The van der Waals surface area contributed by atoms with E-state index in [1.165, 1.54) is 0 Å². The number of amides is 1. The van der Waals surface area contributed by atoms with Crippen LogP contribution in [0.1, 0.15) is 39.0 Å². The number of likely N-dealkylation sites (tertiary alicyclic amines) is 1. The molecule has 1 aliphatic carbocycles. The van der Waals surface area contributed by atoms with Gasteiger partial charge < -0.3 is 15.3 Å². The minimum atomic E-state index is -0.798. The lowest BCUT2D eigenvalue weighted by Gasteiger charge is -2.35. The fourth-order valence-corrected chi connectivity index (χ4v) is 3.98. The van der Waals surface area contributed by atoms with Gasteiger partial charge >= 0.3 is 5.97 Å². The minimum Gasteiger partial charge on any atom is -0.481 e. The Labute approximate surface area is 127 Å². The topological polar surface area (TPSA) is 69.6 Å². The third-order valence-electron chi connectivity index (χ3n) is 5.20. The van der Waals surface area contributed by atoms with E-state index in [-0.39, 0.29) is 11.8 Å². The standard InChI is InChI=1S/C16H28N2O3/c1-3-11-7-13(14(8-11)16(20)21)15(19)18-6-4-5-12(10-18)9-17-2/h11-14,17H,3-10H2,1-2H3,(H,20,21). The molecule has 4 atom stereocenters. The van der Waals surface area contributed by atoms with Crippen molar-refractivity contribution in [3.8, 4) is 0 Å². The highest BCUT2D eigenvalue weighted by Gasteiger charge is 2.44. The number of nitrogens with zero attached hydrogens (tertiary/aromatic N) is 1. The van der Waals surface area contributed by atoms with Crippen molar-refractivity contribution in [1.29, 1.82) is 0 Å². The molecule has 1 saturated carbocycles. The lowest BCUT2D eigenvalue weighted by atomic mass is 9.92. The lowest BCUT2D eigenvalue weighted by Crippen LogP contribution is -2.46. The van der Waals surface area contributed by atoms with E-state index >= 15 is 0 Å². The van der Waals surface area contributed by atoms with Crippen LogP contribution >= 0.6 is 0 Å². The Hall–Kier alpha value is -1.10. The molecule has 5 nitrogen and oxygen atoms in total. The van der Waals surface area contributed by atoms with E-state index in [0.717, 1.165) is 45.3 Å². The maximum absolute atomic E-state index is 12.8. The third kappa shape index (κ3) is 3.76. The van der Waals surface area contributed by atoms with Gasteiger partial charge in [-0.2, -0.15) is 0 Å². The predicted octanol–water partition coefficient (Wildman–Crippen LogP) is 1.58. The molecule has 0 bridgehead atoms. The van der Waals surface area contributed by atoms with E-state index in [9.17, 15) is 14.7 Å². The Kier molecular flexibility index (Phi) is 5.62. The molecule has 2 rings (SSSR count). The molecule has 2 N–H and O–H groups in total. The number of hydrogen-bond acceptors (Lipinski definition) is 3. The van der Waals surface area contributed by atoms with Gasteiger partial charge in [0.2, 0.25) is 5.91 Å². The highest BCUT2D eigenvalue weighted by Crippen LogP contribution is 2.39. The highest BCUT2D eigenvalue weighted by molar-refractivity contribution is 5.85. The smallest absolute Gasteiger partial charge is 0.307 e. The van der Waals surface area contributed by atoms with Crippen LogP contribution in [0.3, 0.4) is 0 Å². The van der Waals surface area contributed by atoms with Gasteiger partial charge in [0, 0.05) is 13.1 Å². The largest absolute Gasteiger partial charge is 0.481 e. The first-order valence-electron chi connectivity index (χ1n) is 8.23. The number of piperidine rings is 1. The van der Waals surface area contributed by atoms with E-state index in [1.54, 1.807) is 0 Å². The van der Waals surface area contributed by atoms with Crippen molar-refractivity contribution >= 4 is 11.9 Å². The Bertz CT molecular complexity index is 384. The van der Waals surface area contributed by atoms with Crippen LogP contribution < -0.4 is 5.32 Å². The SMILES string of the molecule is CCC1CC(C(=O)O)C(C(=O)N2CCCC(CNC)C2)C1. The average Bonchev–Trinajstić information content (AvgIpc) is 2.91. The van der Waals surface area contributed by atoms with Gasteiger partial charge in [-0.3, -0.25) is 9.59 Å². The fraction of sp³-hybridized carbons (Fsp3) is 0.875. The first kappa shape index (κ1) is 16.3. The normalized spacial score (nSPS) is 33.1. The summed E-state index contributed by atoms with van der Waals surface area (Å²) < 4.78 is 0. The van der Waals surface area contributed by atoms with E-state index in [2.05, 4.69) is 12.2 Å². The number of carbonyl (C=O) groups excluding carboxylic acids is 1. The molecule has 5 heteroatoms. The second-order valence-corrected chi connectivity index (χ2v) is 6.65. The van der Waals surface area contributed by atoms with Crippen molar-refractivity contribution in [3.05, 3.63) is 0 Å². The summed E-state index contributed by atoms with van der Waals surface area (Å²) in [5, 5.41) is 12.6. The molecule has 0 aromatic heterocycles. The number of hydrogen-bond donors (Lipinski definition) is 2. The summed E-state index contributed by atoms with van der Waals surface area (Å²) in [7, 11) is 1.93. The van der Waals surface area contributed by atoms with E-state index < -0.39 is 11.9 Å². The summed E-state index contributed by atoms with van der Waals surface area (Å²) in [6.07, 6.45) is 4.56. The molecular formula is C16H28N2O3. The Balaban J connectivity index is 2.02. The molecule has 1 saturated heterocycles. The van der Waals surface area contributed by atoms with Gasteiger partial charge in [0.05, 0.1) is 11.8 Å². The van der Waals surface area contributed by atoms with Crippen molar-refractivity contribution < 1.29 is 14.7 Å². The van der Waals surface area contributed by atoms with Gasteiger partial charge in [0.15, 0.2) is 0 Å². The quantitative estimate of drug-likeness (QED) is 0.808. The molecule has 21 heavy (non-hydrogen) atoms. The number of carboxylic acid groups (broad SMARTS) is 1. The first-order valence-corrected chi connectivity index (χ1v) is 8.23. The zero-order valence-electron chi connectivity index (χ0n) is 13.2. The molecule has 0 spiro atoms. The van der Waals surface area contributed by atoms with Crippen LogP contribution in [0.2, 0.25) is 0 Å². The van der Waals surface area contributed by atoms with Crippen LogP contribution in [0.15, 0.2) is 0 Å². The van der Waals surface area contributed by atoms with Crippen molar-refractivity contribution in [3.63, 3.8) is 0 Å². The van der Waals surface area contributed by atoms with Crippen molar-refractivity contribution in [2.24, 2.45) is 23.7 Å². The second kappa shape index (κ2) is 7.25. The molecule has 1 aliphatic heterocycles. The molecular weight excluding hydrogens is 268 g/mol. The molecule has 2 aliphatic rings. The molecule has 0 aromatic rings. The Morgan fingerprint density at radius 2 is 1.95 bits per heavy atom. The molecule has 120 valence electrons. The third-order valence-corrected chi connectivity index (χ3v) is 5.20. The maximum Gasteiger partial charge on any atom is 0.307 e. The monoisotopic (exact) mass is 296 g/mol. The van der Waals surface area contributed by atoms with E-state index in [4.69, 9.17) is 0 Å². The average molecular weight is 296 g/mol. The fourth-order valence-electron chi connectivity index (χ4n) is 3.98. The van der Waals surface area contributed by atoms with Crippen LogP contribution in [-0.4, -0.2) is 48.6 Å². The van der Waals surface area contributed by atoms with Gasteiger partial charge in [-0.1, -0.05) is 13.3 Å². The number of rotatable bonds is 5. The van der Waals surface area contributed by atoms with Crippen molar-refractivity contribution in [1.82, 2.24) is 10.2 Å². The summed E-state index contributed by atoms with van der Waals surface area (Å²) >= 11 is 0. The summed E-state index contributed by atoms with van der Waals surface area (Å²) in [6.45, 7) is 4.58. The van der Waals surface area contributed by atoms with Gasteiger partial charge in [0.25, 0.3) is 0 Å². The van der Waals surface area contributed by atoms with Crippen LogP contribution in [-0.2, 0) is 9.59 Å². The zero-order valence-corrected chi connectivity index (χ0v) is 13.2. The lowest BCUT2D eigenvalue weighted by molar-refractivity contribution is -0.149. The number of carbonyl (C=O) groups is 2. The summed E-state index contributed by atoms with van der Waals surface area (Å²) in [6, 6.07) is 0. The van der Waals surface area contributed by atoms with Crippen LogP contribution in [0.25, 0.3) is 0 Å². The van der Waals surface area contributed by atoms with Gasteiger partial charge in [-0.15, -0.1) is 0 Å². The molecule has 1 heterocycles. The zero-order chi connectivity index (χ0) is 15.4. The second-order valence-electron chi connectivity index (χ2n) is 6.65. The van der Waals surface area contributed by atoms with Gasteiger partial charge in [0.1, 0.15) is 0 Å². The molecule has 2 fully saturated rings. The number of nitrogens with one attached hydrogen (secondary N) is 1. The molecule has 0 aromatic carbocycles. The number of aliphatic carboxylic acids is 1.